The van der Waals surface area contributed by atoms with Crippen LogP contribution in [0.4, 0.5) is 5.13 Å². The molecule has 5 heteroatoms. The Hall–Kier alpha value is -1.52. The van der Waals surface area contributed by atoms with E-state index >= 15 is 0 Å². The summed E-state index contributed by atoms with van der Waals surface area (Å²) in [4.78, 5) is 10.7. The zero-order valence-electron chi connectivity index (χ0n) is 11.9. The molecule has 1 N–H and O–H groups in total. The van der Waals surface area contributed by atoms with Crippen LogP contribution in [0.5, 0.6) is 0 Å². The highest BCUT2D eigenvalue weighted by Gasteiger charge is 2.18. The smallest absolute Gasteiger partial charge is 0.185 e. The van der Waals surface area contributed by atoms with Gasteiger partial charge in [-0.1, -0.05) is 18.2 Å². The van der Waals surface area contributed by atoms with Gasteiger partial charge in [0.05, 0.1) is 5.69 Å². The molecule has 110 valence electrons. The van der Waals surface area contributed by atoms with Gasteiger partial charge in [0, 0.05) is 40.6 Å². The average Bonchev–Trinajstić information content (AvgIpc) is 3.16. The molecule has 0 aliphatic carbocycles. The summed E-state index contributed by atoms with van der Waals surface area (Å²) in [6.45, 7) is 4.43. The summed E-state index contributed by atoms with van der Waals surface area (Å²) in [6.07, 6.45) is 2.59. The second kappa shape index (κ2) is 5.70. The minimum Gasteiger partial charge on any atom is -0.358 e. The number of benzene rings is 1. The molecule has 1 saturated heterocycles. The van der Waals surface area contributed by atoms with E-state index in [1.54, 1.807) is 11.3 Å². The molecular weight excluding hydrogens is 302 g/mol. The van der Waals surface area contributed by atoms with E-state index in [9.17, 15) is 0 Å². The maximum Gasteiger partial charge on any atom is 0.185 e. The van der Waals surface area contributed by atoms with Gasteiger partial charge in [-0.3, -0.25) is 0 Å². The van der Waals surface area contributed by atoms with Gasteiger partial charge >= 0.3 is 0 Å². The third-order valence-corrected chi connectivity index (χ3v) is 4.92. The van der Waals surface area contributed by atoms with Gasteiger partial charge in [0.15, 0.2) is 5.13 Å². The minimum atomic E-state index is 0. The van der Waals surface area contributed by atoms with Gasteiger partial charge in [0.1, 0.15) is 0 Å². The van der Waals surface area contributed by atoms with E-state index in [1.807, 2.05) is 0 Å². The first-order chi connectivity index (χ1) is 9.83. The van der Waals surface area contributed by atoms with Crippen LogP contribution in [0.3, 0.4) is 0 Å². The van der Waals surface area contributed by atoms with Crippen molar-refractivity contribution in [1.82, 2.24) is 9.97 Å². The van der Waals surface area contributed by atoms with Crippen LogP contribution < -0.4 is 4.90 Å². The molecule has 1 aliphatic heterocycles. The van der Waals surface area contributed by atoms with Crippen molar-refractivity contribution in [1.29, 1.82) is 0 Å². The standard InChI is InChI=1S/C16H17N3S.ClH/c1-11-15(12-6-2-3-7-13(12)17-11)14-10-20-16(18-14)19-8-4-5-9-19;/h2-3,6-7,10,17H,4-5,8-9H2,1H3;1H. The highest BCUT2D eigenvalue weighted by molar-refractivity contribution is 7.14. The van der Waals surface area contributed by atoms with Crippen molar-refractivity contribution in [2.45, 2.75) is 19.8 Å². The van der Waals surface area contributed by atoms with Crippen molar-refractivity contribution < 1.29 is 0 Å². The Kier molecular flexibility index (Phi) is 3.91. The molecule has 3 heterocycles. The molecule has 3 nitrogen and oxygen atoms in total. The van der Waals surface area contributed by atoms with Crippen LogP contribution in [0.2, 0.25) is 0 Å². The van der Waals surface area contributed by atoms with Crippen molar-refractivity contribution in [2.75, 3.05) is 18.0 Å². The molecular formula is C16H18ClN3S. The number of nitrogens with zero attached hydrogens (tertiary/aromatic N) is 2. The van der Waals surface area contributed by atoms with Crippen LogP contribution in [0.15, 0.2) is 29.6 Å². The predicted molar refractivity (Wildman–Crippen MR) is 92.8 cm³/mol. The minimum absolute atomic E-state index is 0. The fraction of sp³-hybridized carbons (Fsp3) is 0.312. The summed E-state index contributed by atoms with van der Waals surface area (Å²) in [5, 5.41) is 4.63. The van der Waals surface area contributed by atoms with Crippen LogP contribution in [-0.2, 0) is 0 Å². The van der Waals surface area contributed by atoms with Crippen LogP contribution in [0, 0.1) is 6.92 Å². The molecule has 0 amide bonds. The number of aromatic nitrogens is 2. The first-order valence-corrected chi connectivity index (χ1v) is 7.99. The van der Waals surface area contributed by atoms with E-state index < -0.39 is 0 Å². The number of rotatable bonds is 2. The Morgan fingerprint density at radius 2 is 1.95 bits per heavy atom. The molecule has 1 aliphatic rings. The van der Waals surface area contributed by atoms with E-state index in [1.165, 1.54) is 40.1 Å². The van der Waals surface area contributed by atoms with E-state index in [-0.39, 0.29) is 12.4 Å². The summed E-state index contributed by atoms with van der Waals surface area (Å²) in [6, 6.07) is 8.45. The highest BCUT2D eigenvalue weighted by Crippen LogP contribution is 2.35. The number of H-pyrrole nitrogens is 1. The second-order valence-electron chi connectivity index (χ2n) is 5.38. The van der Waals surface area contributed by atoms with Crippen LogP contribution in [0.1, 0.15) is 18.5 Å². The van der Waals surface area contributed by atoms with Crippen molar-refractivity contribution in [3.63, 3.8) is 0 Å². The summed E-state index contributed by atoms with van der Waals surface area (Å²) in [5.74, 6) is 0. The number of thiazole rings is 1. The molecule has 2 aromatic heterocycles. The molecule has 21 heavy (non-hydrogen) atoms. The van der Waals surface area contributed by atoms with Crippen LogP contribution in [-0.4, -0.2) is 23.1 Å². The van der Waals surface area contributed by atoms with E-state index in [0.29, 0.717) is 0 Å². The van der Waals surface area contributed by atoms with E-state index in [4.69, 9.17) is 4.98 Å². The van der Waals surface area contributed by atoms with Gasteiger partial charge in [-0.15, -0.1) is 23.7 Å². The second-order valence-corrected chi connectivity index (χ2v) is 6.22. The molecule has 3 aromatic rings. The van der Waals surface area contributed by atoms with Gasteiger partial charge in [-0.25, -0.2) is 4.98 Å². The number of fused-ring (bicyclic) bond motifs is 1. The number of hydrogen-bond acceptors (Lipinski definition) is 3. The Labute approximate surface area is 134 Å². The predicted octanol–water partition coefficient (Wildman–Crippen LogP) is 4.62. The average molecular weight is 320 g/mol. The van der Waals surface area contributed by atoms with Crippen LogP contribution in [0.25, 0.3) is 22.2 Å². The Morgan fingerprint density at radius 3 is 2.76 bits per heavy atom. The van der Waals surface area contributed by atoms with Gasteiger partial charge in [0.2, 0.25) is 0 Å². The number of aryl methyl sites for hydroxylation is 1. The summed E-state index contributed by atoms with van der Waals surface area (Å²) in [7, 11) is 0. The lowest BCUT2D eigenvalue weighted by atomic mass is 10.1. The lowest BCUT2D eigenvalue weighted by Crippen LogP contribution is -2.17. The monoisotopic (exact) mass is 319 g/mol. The fourth-order valence-electron chi connectivity index (χ4n) is 3.04. The molecule has 0 bridgehead atoms. The molecule has 0 atom stereocenters. The fourth-order valence-corrected chi connectivity index (χ4v) is 3.91. The number of para-hydroxylation sites is 1. The zero-order valence-corrected chi connectivity index (χ0v) is 13.6. The lowest BCUT2D eigenvalue weighted by Gasteiger charge is -2.12. The molecule has 0 radical (unpaired) electrons. The number of anilines is 1. The number of aromatic amines is 1. The van der Waals surface area contributed by atoms with Gasteiger partial charge in [-0.05, 0) is 25.8 Å². The number of hydrogen-bond donors (Lipinski definition) is 1. The maximum absolute atomic E-state index is 4.87. The van der Waals surface area contributed by atoms with Crippen molar-refractivity contribution in [3.05, 3.63) is 35.3 Å². The van der Waals surface area contributed by atoms with Crippen molar-refractivity contribution in [2.24, 2.45) is 0 Å². The highest BCUT2D eigenvalue weighted by atomic mass is 35.5. The maximum atomic E-state index is 4.87. The largest absolute Gasteiger partial charge is 0.358 e. The topological polar surface area (TPSA) is 31.9 Å². The molecule has 0 unspecified atom stereocenters. The van der Waals surface area contributed by atoms with E-state index in [0.717, 1.165) is 18.8 Å². The SMILES string of the molecule is Cc1[nH]c2ccccc2c1-c1csc(N2CCCC2)n1.Cl. The van der Waals surface area contributed by atoms with Crippen LogP contribution >= 0.6 is 23.7 Å². The van der Waals surface area contributed by atoms with Gasteiger partial charge < -0.3 is 9.88 Å². The number of nitrogens with one attached hydrogen (secondary N) is 1. The number of halogens is 1. The van der Waals surface area contributed by atoms with Crippen molar-refractivity contribution in [3.8, 4) is 11.3 Å². The normalized spacial score (nSPS) is 14.6. The van der Waals surface area contributed by atoms with Crippen molar-refractivity contribution >= 4 is 39.8 Å². The third-order valence-electron chi connectivity index (χ3n) is 4.02. The first kappa shape index (κ1) is 14.4. The molecule has 0 spiro atoms. The first-order valence-electron chi connectivity index (χ1n) is 7.11. The molecule has 1 fully saturated rings. The van der Waals surface area contributed by atoms with E-state index in [2.05, 4.69) is 46.5 Å². The summed E-state index contributed by atoms with van der Waals surface area (Å²) < 4.78 is 0. The zero-order chi connectivity index (χ0) is 13.5. The van der Waals surface area contributed by atoms with Gasteiger partial charge in [0.25, 0.3) is 0 Å². The summed E-state index contributed by atoms with van der Waals surface area (Å²) >= 11 is 1.76. The molecule has 1 aromatic carbocycles. The molecule has 0 saturated carbocycles. The Bertz CT molecular complexity index is 756. The quantitative estimate of drug-likeness (QED) is 0.747. The Balaban J connectivity index is 0.00000132. The third kappa shape index (κ3) is 2.43. The lowest BCUT2D eigenvalue weighted by molar-refractivity contribution is 0.949. The van der Waals surface area contributed by atoms with Gasteiger partial charge in [-0.2, -0.15) is 0 Å². The Morgan fingerprint density at radius 1 is 1.19 bits per heavy atom. The summed E-state index contributed by atoms with van der Waals surface area (Å²) in [5.41, 5.74) is 4.74. The molecule has 4 rings (SSSR count).